The summed E-state index contributed by atoms with van der Waals surface area (Å²) in [4.78, 5) is 0. The molecular weight excluding hydrogens is 203 g/mol. The fourth-order valence-electron chi connectivity index (χ4n) is 0. The maximum absolute atomic E-state index is 8.74. The Morgan fingerprint density at radius 3 is 1.45 bits per heavy atom. The second kappa shape index (κ2) is 13.7. The number of hydrogen-bond donors (Lipinski definition) is 3. The molecule has 0 unspecified atom stereocenters. The van der Waals surface area contributed by atoms with Crippen LogP contribution in [0.25, 0.3) is 0 Å². The third kappa shape index (κ3) is 198. The van der Waals surface area contributed by atoms with Gasteiger partial charge in [-0.2, -0.15) is 21.0 Å². The molecule has 0 radical (unpaired) electrons. The first-order chi connectivity index (χ1) is 3.91. The van der Waals surface area contributed by atoms with E-state index in [1.54, 1.807) is 0 Å². The van der Waals surface area contributed by atoms with Gasteiger partial charge < -0.3 is 5.48 Å². The molecule has 11 heavy (non-hydrogen) atoms. The average Bonchev–Trinajstić information content (AvgIpc) is 1.61. The van der Waals surface area contributed by atoms with Crippen molar-refractivity contribution in [1.29, 1.82) is 0 Å². The fourth-order valence-corrected chi connectivity index (χ4v) is 0. The molecule has 0 amide bonds. The molecule has 0 saturated heterocycles. The van der Waals surface area contributed by atoms with E-state index in [-0.39, 0.29) is 35.0 Å². The maximum atomic E-state index is 8.74. The van der Waals surface area contributed by atoms with Crippen LogP contribution in [-0.4, -0.2) is 58.3 Å². The van der Waals surface area contributed by atoms with E-state index in [1.165, 1.54) is 6.42 Å². The van der Waals surface area contributed by atoms with Crippen LogP contribution in [0.1, 0.15) is 13.3 Å². The molecule has 4 N–H and O–H groups in total. The summed E-state index contributed by atoms with van der Waals surface area (Å²) in [6, 6.07) is 0. The zero-order valence-electron chi connectivity index (χ0n) is 5.48. The van der Waals surface area contributed by atoms with Gasteiger partial charge in [0.1, 0.15) is 0 Å². The molecule has 0 spiro atoms. The van der Waals surface area contributed by atoms with Crippen LogP contribution in [0.2, 0.25) is 0 Å². The molecule has 0 aliphatic rings. The normalized spacial score (nSPS) is 8.00. The Kier molecular flexibility index (Phi) is 28.4. The number of rotatable bonds is 1. The van der Waals surface area contributed by atoms with Gasteiger partial charge in [-0.05, 0) is 12.2 Å². The molecule has 68 valence electrons. The van der Waals surface area contributed by atoms with Crippen LogP contribution in [-0.2, 0) is 10.4 Å². The van der Waals surface area contributed by atoms with E-state index in [4.69, 9.17) is 17.5 Å². The van der Waals surface area contributed by atoms with Gasteiger partial charge in [0.15, 0.2) is 0 Å². The first-order valence-corrected chi connectivity index (χ1v) is 4.25. The Morgan fingerprint density at radius 2 is 1.45 bits per heavy atom. The van der Waals surface area contributed by atoms with Gasteiger partial charge in [-0.3, -0.25) is 9.11 Å². The Balaban J connectivity index is -0.0000000383. The van der Waals surface area contributed by atoms with Crippen molar-refractivity contribution >= 4 is 52.6 Å². The molecule has 0 bridgehead atoms. The van der Waals surface area contributed by atoms with E-state index in [1.807, 2.05) is 0 Å². The summed E-state index contributed by atoms with van der Waals surface area (Å²) in [6.45, 7) is 2.10. The van der Waals surface area contributed by atoms with Crippen LogP contribution < -0.4 is 0 Å². The molecule has 0 aromatic rings. The van der Waals surface area contributed by atoms with Crippen molar-refractivity contribution in [3.63, 3.8) is 0 Å². The van der Waals surface area contributed by atoms with Crippen LogP contribution in [0.4, 0.5) is 0 Å². The first kappa shape index (κ1) is 22.8. The van der Waals surface area contributed by atoms with Crippen LogP contribution in [0.3, 0.4) is 0 Å². The third-order valence-corrected chi connectivity index (χ3v) is 0.671. The van der Waals surface area contributed by atoms with Gasteiger partial charge in [-0.15, -0.1) is 0 Å². The fraction of sp³-hybridized carbons (Fsp3) is 1.00. The molecule has 0 fully saturated rings. The molecule has 0 aromatic carbocycles. The summed E-state index contributed by atoms with van der Waals surface area (Å²) in [5.74, 6) is 1.01. The number of thiol groups is 1. The van der Waals surface area contributed by atoms with Gasteiger partial charge >= 0.3 is 40.0 Å². The Bertz CT molecular complexity index is 123. The molecule has 5 nitrogen and oxygen atoms in total. The van der Waals surface area contributed by atoms with Crippen LogP contribution in [0, 0.1) is 0 Å². The standard InChI is InChI=1S/C3H8S.Na.H2O4S.H2O.H/c1-2-3-4;;1-5(2,3)4;;/h4H,2-3H2,1H3;;(H2,1,2,3,4);1H2;. The predicted molar refractivity (Wildman–Crippen MR) is 49.1 cm³/mol. The second-order valence-electron chi connectivity index (χ2n) is 1.17. The van der Waals surface area contributed by atoms with Crippen LogP contribution in [0.15, 0.2) is 0 Å². The topological polar surface area (TPSA) is 106 Å². The van der Waals surface area contributed by atoms with Crippen molar-refractivity contribution in [2.75, 3.05) is 5.75 Å². The summed E-state index contributed by atoms with van der Waals surface area (Å²) in [6.07, 6.45) is 1.18. The first-order valence-electron chi connectivity index (χ1n) is 2.22. The van der Waals surface area contributed by atoms with Gasteiger partial charge in [0.05, 0.1) is 0 Å². The summed E-state index contributed by atoms with van der Waals surface area (Å²) in [5.41, 5.74) is 0. The molecule has 0 atom stereocenters. The van der Waals surface area contributed by atoms with Gasteiger partial charge in [-0.25, -0.2) is 0 Å². The van der Waals surface area contributed by atoms with Crippen LogP contribution in [0.5, 0.6) is 0 Å². The van der Waals surface area contributed by atoms with Gasteiger partial charge in [0.2, 0.25) is 0 Å². The Hall–Kier alpha value is 1.18. The number of hydrogen-bond acceptors (Lipinski definition) is 3. The molecular formula is C3H13NaO5S2. The SMILES string of the molecule is CCCS.O.O=S(=O)(O)O.[NaH]. The second-order valence-corrected chi connectivity index (χ2v) is 2.51. The molecule has 0 aliphatic heterocycles. The van der Waals surface area contributed by atoms with Crippen molar-refractivity contribution in [3.8, 4) is 0 Å². The van der Waals surface area contributed by atoms with E-state index in [2.05, 4.69) is 19.6 Å². The van der Waals surface area contributed by atoms with Crippen molar-refractivity contribution in [2.45, 2.75) is 13.3 Å². The molecule has 0 aromatic heterocycles. The van der Waals surface area contributed by atoms with Crippen molar-refractivity contribution in [2.24, 2.45) is 0 Å². The zero-order valence-corrected chi connectivity index (χ0v) is 7.19. The summed E-state index contributed by atoms with van der Waals surface area (Å²) < 4.78 is 31.6. The molecule has 0 aliphatic carbocycles. The van der Waals surface area contributed by atoms with E-state index in [9.17, 15) is 0 Å². The minimum atomic E-state index is -4.67. The Morgan fingerprint density at radius 1 is 1.36 bits per heavy atom. The van der Waals surface area contributed by atoms with Gasteiger partial charge in [0, 0.05) is 0 Å². The van der Waals surface area contributed by atoms with Crippen molar-refractivity contribution in [1.82, 2.24) is 0 Å². The molecule has 8 heteroatoms. The monoisotopic (exact) mass is 216 g/mol. The van der Waals surface area contributed by atoms with Gasteiger partial charge in [0.25, 0.3) is 0 Å². The third-order valence-electron chi connectivity index (χ3n) is 0.224. The molecule has 0 rings (SSSR count). The molecule has 0 heterocycles. The summed E-state index contributed by atoms with van der Waals surface area (Å²) in [5, 5.41) is 0. The quantitative estimate of drug-likeness (QED) is 0.303. The zero-order chi connectivity index (χ0) is 7.91. The van der Waals surface area contributed by atoms with Crippen molar-refractivity contribution in [3.05, 3.63) is 0 Å². The van der Waals surface area contributed by atoms with Crippen LogP contribution >= 0.6 is 12.6 Å². The Labute approximate surface area is 94.2 Å². The summed E-state index contributed by atoms with van der Waals surface area (Å²) in [7, 11) is -4.67. The van der Waals surface area contributed by atoms with E-state index in [0.717, 1.165) is 5.75 Å². The predicted octanol–water partition coefficient (Wildman–Crippen LogP) is -0.800. The van der Waals surface area contributed by atoms with E-state index in [0.29, 0.717) is 0 Å². The van der Waals surface area contributed by atoms with Gasteiger partial charge in [-0.1, -0.05) is 6.92 Å². The van der Waals surface area contributed by atoms with Crippen molar-refractivity contribution < 1.29 is 23.0 Å². The molecule has 0 saturated carbocycles. The summed E-state index contributed by atoms with van der Waals surface area (Å²) >= 11 is 3.92. The minimum absolute atomic E-state index is 0. The van der Waals surface area contributed by atoms with E-state index >= 15 is 0 Å². The average molecular weight is 216 g/mol. The van der Waals surface area contributed by atoms with E-state index < -0.39 is 10.4 Å².